The van der Waals surface area contributed by atoms with E-state index in [1.54, 1.807) is 35.2 Å². The van der Waals surface area contributed by atoms with Gasteiger partial charge in [0.05, 0.1) is 28.3 Å². The van der Waals surface area contributed by atoms with Crippen molar-refractivity contribution in [2.45, 2.75) is 18.9 Å². The van der Waals surface area contributed by atoms with Gasteiger partial charge in [0.1, 0.15) is 12.2 Å². The normalized spacial score (nSPS) is 18.3. The number of nitrogens with zero attached hydrogens (tertiary/aromatic N) is 4. The summed E-state index contributed by atoms with van der Waals surface area (Å²) in [5.74, 6) is 0.680. The van der Waals surface area contributed by atoms with Crippen LogP contribution in [0.4, 0.5) is 0 Å². The molecule has 1 saturated heterocycles. The number of ether oxygens (including phenoxy) is 2. The van der Waals surface area contributed by atoms with Crippen molar-refractivity contribution >= 4 is 29.1 Å². The molecule has 3 atom stereocenters. The fourth-order valence-electron chi connectivity index (χ4n) is 4.17. The van der Waals surface area contributed by atoms with E-state index >= 15 is 0 Å². The molecule has 0 saturated carbocycles. The van der Waals surface area contributed by atoms with Crippen LogP contribution in [-0.2, 0) is 0 Å². The Bertz CT molecular complexity index is 1210. The summed E-state index contributed by atoms with van der Waals surface area (Å²) in [4.78, 5) is 23.4. The molecule has 7 nitrogen and oxygen atoms in total. The lowest BCUT2D eigenvalue weighted by atomic mass is 9.86. The fourth-order valence-corrected chi connectivity index (χ4v) is 4.48. The first-order valence-corrected chi connectivity index (χ1v) is 11.4. The highest BCUT2D eigenvalue weighted by atomic mass is 35.5. The van der Waals surface area contributed by atoms with E-state index in [-0.39, 0.29) is 23.8 Å². The molecule has 1 aliphatic heterocycles. The number of pyridine rings is 2. The molecule has 0 radical (unpaired) electrons. The van der Waals surface area contributed by atoms with Crippen molar-refractivity contribution in [3.8, 4) is 17.8 Å². The Kier molecular flexibility index (Phi) is 7.20. The molecular formula is C25H22Cl2N4O3. The molecule has 0 spiro atoms. The number of carbonyl (C=O) groups is 1. The Balaban J connectivity index is 1.59. The summed E-state index contributed by atoms with van der Waals surface area (Å²) in [6.45, 7) is 2.92. The average molecular weight is 497 g/mol. The minimum Gasteiger partial charge on any atom is -0.481 e. The van der Waals surface area contributed by atoms with Gasteiger partial charge in [0.2, 0.25) is 11.8 Å². The molecule has 0 bridgehead atoms. The number of hydrogen-bond acceptors (Lipinski definition) is 6. The first kappa shape index (κ1) is 23.8. The van der Waals surface area contributed by atoms with Crippen LogP contribution in [0.5, 0.6) is 11.8 Å². The lowest BCUT2D eigenvalue weighted by Gasteiger charge is -2.25. The van der Waals surface area contributed by atoms with Crippen LogP contribution in [0.2, 0.25) is 10.0 Å². The highest BCUT2D eigenvalue weighted by Gasteiger charge is 2.40. The van der Waals surface area contributed by atoms with Gasteiger partial charge in [0, 0.05) is 49.5 Å². The number of benzene rings is 1. The summed E-state index contributed by atoms with van der Waals surface area (Å²) in [6, 6.07) is 14.3. The van der Waals surface area contributed by atoms with Crippen LogP contribution in [0.25, 0.3) is 0 Å². The van der Waals surface area contributed by atoms with Gasteiger partial charge in [-0.15, -0.1) is 0 Å². The van der Waals surface area contributed by atoms with E-state index in [4.69, 9.17) is 37.9 Å². The van der Waals surface area contributed by atoms with Crippen LogP contribution in [0.15, 0.2) is 54.9 Å². The minimum absolute atomic E-state index is 0.0293. The third-order valence-electron chi connectivity index (χ3n) is 5.99. The second-order valence-electron chi connectivity index (χ2n) is 8.06. The van der Waals surface area contributed by atoms with Crippen LogP contribution >= 0.6 is 23.2 Å². The van der Waals surface area contributed by atoms with E-state index in [0.29, 0.717) is 46.0 Å². The molecule has 3 heterocycles. The topological polar surface area (TPSA) is 88.3 Å². The van der Waals surface area contributed by atoms with E-state index < -0.39 is 0 Å². The number of likely N-dealkylation sites (tertiary alicyclic amines) is 1. The van der Waals surface area contributed by atoms with E-state index in [1.807, 2.05) is 25.1 Å². The van der Waals surface area contributed by atoms with Gasteiger partial charge in [-0.05, 0) is 36.8 Å². The predicted molar refractivity (Wildman–Crippen MR) is 128 cm³/mol. The average Bonchev–Trinajstić information content (AvgIpc) is 3.31. The van der Waals surface area contributed by atoms with Gasteiger partial charge in [-0.2, -0.15) is 5.26 Å². The summed E-state index contributed by atoms with van der Waals surface area (Å²) in [5.41, 5.74) is 1.92. The summed E-state index contributed by atoms with van der Waals surface area (Å²) in [7, 11) is 1.53. The monoisotopic (exact) mass is 496 g/mol. The number of aromatic nitrogens is 2. The third kappa shape index (κ3) is 5.09. The van der Waals surface area contributed by atoms with Crippen LogP contribution < -0.4 is 9.47 Å². The van der Waals surface area contributed by atoms with E-state index in [0.717, 1.165) is 5.56 Å². The summed E-state index contributed by atoms with van der Waals surface area (Å²) in [5, 5.41) is 9.93. The van der Waals surface area contributed by atoms with Crippen molar-refractivity contribution in [1.29, 1.82) is 5.26 Å². The van der Waals surface area contributed by atoms with E-state index in [1.165, 1.54) is 19.5 Å². The van der Waals surface area contributed by atoms with Crippen LogP contribution in [0, 0.1) is 17.2 Å². The Morgan fingerprint density at radius 1 is 1.09 bits per heavy atom. The Morgan fingerprint density at radius 2 is 1.85 bits per heavy atom. The van der Waals surface area contributed by atoms with Crippen molar-refractivity contribution in [1.82, 2.24) is 14.9 Å². The van der Waals surface area contributed by atoms with Crippen LogP contribution in [-0.4, -0.2) is 47.1 Å². The quantitative estimate of drug-likeness (QED) is 0.477. The van der Waals surface area contributed by atoms with E-state index in [9.17, 15) is 4.79 Å². The number of amides is 1. The zero-order valence-corrected chi connectivity index (χ0v) is 20.1. The molecular weight excluding hydrogens is 475 g/mol. The number of hydrogen-bond donors (Lipinski definition) is 0. The summed E-state index contributed by atoms with van der Waals surface area (Å²) in [6.07, 6.45) is 2.72. The van der Waals surface area contributed by atoms with Gasteiger partial charge >= 0.3 is 0 Å². The smallest absolute Gasteiger partial charge is 0.255 e. The van der Waals surface area contributed by atoms with Gasteiger partial charge < -0.3 is 14.4 Å². The molecule has 0 aliphatic carbocycles. The van der Waals surface area contributed by atoms with Gasteiger partial charge in [-0.1, -0.05) is 29.3 Å². The number of nitriles is 1. The molecule has 34 heavy (non-hydrogen) atoms. The van der Waals surface area contributed by atoms with Crippen LogP contribution in [0.1, 0.15) is 34.3 Å². The molecule has 1 aliphatic rings. The van der Waals surface area contributed by atoms with Crippen molar-refractivity contribution < 1.29 is 14.3 Å². The zero-order chi connectivity index (χ0) is 24.2. The third-order valence-corrected chi connectivity index (χ3v) is 6.73. The molecule has 174 valence electrons. The molecule has 1 fully saturated rings. The molecule has 2 aromatic heterocycles. The summed E-state index contributed by atoms with van der Waals surface area (Å²) >= 11 is 12.4. The second-order valence-corrected chi connectivity index (χ2v) is 8.88. The molecule has 0 unspecified atom stereocenters. The predicted octanol–water partition coefficient (Wildman–Crippen LogP) is 4.99. The first-order chi connectivity index (χ1) is 16.4. The van der Waals surface area contributed by atoms with Crippen molar-refractivity contribution in [2.75, 3.05) is 20.2 Å². The van der Waals surface area contributed by atoms with Gasteiger partial charge in [-0.25, -0.2) is 9.97 Å². The molecule has 3 aromatic rings. The molecule has 1 aromatic carbocycles. The summed E-state index contributed by atoms with van der Waals surface area (Å²) < 4.78 is 11.2. The molecule has 1 amide bonds. The maximum absolute atomic E-state index is 13.3. The van der Waals surface area contributed by atoms with Crippen molar-refractivity contribution in [3.63, 3.8) is 0 Å². The lowest BCUT2D eigenvalue weighted by molar-refractivity contribution is 0.0769. The standard InChI is InChI=1S/C25H22Cl2N4O3/c1-15(34-24-7-3-16(10-28)11-29-24)19-13-31(25(32)18-5-8-23(33-2)30-12-18)14-20(19)17-4-6-21(26)22(27)9-17/h3-9,11-12,15,19-20H,13-14H2,1-2H3/t15-,19-,20+/m0/s1. The SMILES string of the molecule is COc1ccc(C(=O)N2C[C@@H]([C@H](C)Oc3ccc(C#N)cn3)[C@@H](c3ccc(Cl)c(Cl)c3)C2)cn1. The van der Waals surface area contributed by atoms with Gasteiger partial charge in [0.15, 0.2) is 0 Å². The fraction of sp³-hybridized carbons (Fsp3) is 0.280. The number of methoxy groups -OCH3 is 1. The molecule has 4 rings (SSSR count). The lowest BCUT2D eigenvalue weighted by Crippen LogP contribution is -2.32. The maximum atomic E-state index is 13.3. The molecule has 9 heteroatoms. The zero-order valence-electron chi connectivity index (χ0n) is 18.6. The highest BCUT2D eigenvalue weighted by Crippen LogP contribution is 2.38. The Morgan fingerprint density at radius 3 is 2.47 bits per heavy atom. The van der Waals surface area contributed by atoms with Gasteiger partial charge in [-0.3, -0.25) is 4.79 Å². The van der Waals surface area contributed by atoms with E-state index in [2.05, 4.69) is 9.97 Å². The van der Waals surface area contributed by atoms with Crippen molar-refractivity contribution in [2.24, 2.45) is 5.92 Å². The minimum atomic E-state index is -0.272. The second kappa shape index (κ2) is 10.3. The highest BCUT2D eigenvalue weighted by molar-refractivity contribution is 6.42. The number of carbonyl (C=O) groups excluding carboxylic acids is 1. The Hall–Kier alpha value is -3.34. The van der Waals surface area contributed by atoms with Gasteiger partial charge in [0.25, 0.3) is 5.91 Å². The van der Waals surface area contributed by atoms with Crippen molar-refractivity contribution in [3.05, 3.63) is 81.6 Å². The largest absolute Gasteiger partial charge is 0.481 e. The molecule has 0 N–H and O–H groups in total. The first-order valence-electron chi connectivity index (χ1n) is 10.7. The maximum Gasteiger partial charge on any atom is 0.255 e. The van der Waals surface area contributed by atoms with Crippen LogP contribution in [0.3, 0.4) is 0 Å². The number of rotatable bonds is 6. The Labute approximate surface area is 207 Å². The number of halogens is 2.